The molecule has 1 N–H and O–H groups in total. The molecule has 8 heteroatoms. The number of aromatic nitrogens is 4. The number of halogens is 1. The molecule has 0 atom stereocenters. The zero-order valence-corrected chi connectivity index (χ0v) is 10.9. The fourth-order valence-corrected chi connectivity index (χ4v) is 1.93. The van der Waals surface area contributed by atoms with E-state index >= 15 is 0 Å². The van der Waals surface area contributed by atoms with Crippen molar-refractivity contribution in [1.29, 1.82) is 0 Å². The van der Waals surface area contributed by atoms with Crippen LogP contribution in [0.5, 0.6) is 0 Å². The van der Waals surface area contributed by atoms with Crippen LogP contribution in [-0.4, -0.2) is 32.5 Å². The molecule has 0 aromatic carbocycles. The number of furan rings is 1. The summed E-state index contributed by atoms with van der Waals surface area (Å²) in [6.45, 7) is 1.64. The highest BCUT2D eigenvalue weighted by Crippen LogP contribution is 2.10. The Morgan fingerprint density at radius 1 is 1.53 bits per heavy atom. The van der Waals surface area contributed by atoms with Gasteiger partial charge in [-0.25, -0.2) is 4.68 Å². The number of nitrogens with one attached hydrogen (secondary N) is 1. The third-order valence-electron chi connectivity index (χ3n) is 1.97. The summed E-state index contributed by atoms with van der Waals surface area (Å²) in [6.07, 6.45) is 1.68. The minimum Gasteiger partial charge on any atom is -1.00 e. The Bertz CT molecular complexity index is 419. The standard InChI is InChI=1S/C9H13N5OS.ClH/c1-14-9(11-12-13-14)16-6-4-10-7-8-3-2-5-15-8;/h2-3,5,10H,4,6-7H2,1H3;1H/p-1. The lowest BCUT2D eigenvalue weighted by molar-refractivity contribution is -0.00000403. The van der Waals surface area contributed by atoms with Crippen molar-refractivity contribution in [2.45, 2.75) is 11.7 Å². The van der Waals surface area contributed by atoms with Crippen molar-refractivity contribution in [3.8, 4) is 0 Å². The van der Waals surface area contributed by atoms with Crippen LogP contribution in [0.25, 0.3) is 0 Å². The van der Waals surface area contributed by atoms with Crippen LogP contribution in [0.4, 0.5) is 0 Å². The van der Waals surface area contributed by atoms with E-state index in [4.69, 9.17) is 4.42 Å². The van der Waals surface area contributed by atoms with Crippen molar-refractivity contribution in [2.24, 2.45) is 7.05 Å². The summed E-state index contributed by atoms with van der Waals surface area (Å²) < 4.78 is 6.86. The first-order chi connectivity index (χ1) is 7.86. The minimum atomic E-state index is 0. The molecule has 0 spiro atoms. The van der Waals surface area contributed by atoms with Gasteiger partial charge in [0, 0.05) is 19.3 Å². The van der Waals surface area contributed by atoms with Gasteiger partial charge in [0.15, 0.2) is 0 Å². The fourth-order valence-electron chi connectivity index (χ4n) is 1.18. The maximum atomic E-state index is 5.20. The fraction of sp³-hybridized carbons (Fsp3) is 0.444. The van der Waals surface area contributed by atoms with Gasteiger partial charge in [-0.05, 0) is 22.6 Å². The van der Waals surface area contributed by atoms with Crippen LogP contribution in [0, 0.1) is 0 Å². The molecule has 0 bridgehead atoms. The molecule has 0 amide bonds. The average Bonchev–Trinajstić information content (AvgIpc) is 2.90. The van der Waals surface area contributed by atoms with Crippen molar-refractivity contribution in [3.63, 3.8) is 0 Å². The van der Waals surface area contributed by atoms with E-state index in [1.54, 1.807) is 22.7 Å². The van der Waals surface area contributed by atoms with Gasteiger partial charge in [0.25, 0.3) is 0 Å². The average molecular weight is 275 g/mol. The summed E-state index contributed by atoms with van der Waals surface area (Å²) in [4.78, 5) is 0. The summed E-state index contributed by atoms with van der Waals surface area (Å²) in [5.41, 5.74) is 0. The third kappa shape index (κ3) is 4.37. The second kappa shape index (κ2) is 7.31. The van der Waals surface area contributed by atoms with Crippen LogP contribution in [0.1, 0.15) is 5.76 Å². The van der Waals surface area contributed by atoms with Gasteiger partial charge in [-0.1, -0.05) is 11.8 Å². The van der Waals surface area contributed by atoms with Gasteiger partial charge in [0.1, 0.15) is 5.76 Å². The van der Waals surface area contributed by atoms with E-state index in [1.807, 2.05) is 19.2 Å². The molecule has 2 heterocycles. The number of thioether (sulfide) groups is 1. The molecule has 0 saturated carbocycles. The molecular weight excluding hydrogens is 262 g/mol. The summed E-state index contributed by atoms with van der Waals surface area (Å²) >= 11 is 1.62. The molecule has 0 radical (unpaired) electrons. The largest absolute Gasteiger partial charge is 1.00 e. The summed E-state index contributed by atoms with van der Waals surface area (Å²) in [5, 5.41) is 15.3. The highest BCUT2D eigenvalue weighted by Gasteiger charge is 2.01. The third-order valence-corrected chi connectivity index (χ3v) is 2.98. The van der Waals surface area contributed by atoms with Crippen LogP contribution in [0.15, 0.2) is 28.0 Å². The Hall–Kier alpha value is -1.05. The second-order valence-corrected chi connectivity index (χ2v) is 4.25. The summed E-state index contributed by atoms with van der Waals surface area (Å²) in [5.74, 6) is 1.87. The monoisotopic (exact) mass is 274 g/mol. The second-order valence-electron chi connectivity index (χ2n) is 3.19. The first-order valence-electron chi connectivity index (χ1n) is 4.94. The molecule has 0 aliphatic heterocycles. The normalized spacial score (nSPS) is 10.2. The number of aryl methyl sites for hydroxylation is 1. The molecule has 17 heavy (non-hydrogen) atoms. The number of tetrazole rings is 1. The number of hydrogen-bond acceptors (Lipinski definition) is 6. The van der Waals surface area contributed by atoms with Gasteiger partial charge in [-0.3, -0.25) is 0 Å². The van der Waals surface area contributed by atoms with E-state index in [-0.39, 0.29) is 12.4 Å². The van der Waals surface area contributed by atoms with Crippen LogP contribution in [-0.2, 0) is 13.6 Å². The van der Waals surface area contributed by atoms with Gasteiger partial charge in [0.2, 0.25) is 5.16 Å². The molecular formula is C9H13ClN5OS-. The zero-order valence-electron chi connectivity index (χ0n) is 9.34. The van der Waals surface area contributed by atoms with E-state index in [0.717, 1.165) is 29.8 Å². The maximum absolute atomic E-state index is 5.20. The Morgan fingerprint density at radius 3 is 3.06 bits per heavy atom. The molecule has 0 aliphatic rings. The van der Waals surface area contributed by atoms with Crippen LogP contribution in [0.3, 0.4) is 0 Å². The van der Waals surface area contributed by atoms with Crippen molar-refractivity contribution >= 4 is 11.8 Å². The van der Waals surface area contributed by atoms with Crippen molar-refractivity contribution in [2.75, 3.05) is 12.3 Å². The molecule has 6 nitrogen and oxygen atoms in total. The van der Waals surface area contributed by atoms with Gasteiger partial charge in [-0.2, -0.15) is 0 Å². The predicted molar refractivity (Wildman–Crippen MR) is 59.9 cm³/mol. The van der Waals surface area contributed by atoms with E-state index in [9.17, 15) is 0 Å². The van der Waals surface area contributed by atoms with Gasteiger partial charge >= 0.3 is 0 Å². The van der Waals surface area contributed by atoms with E-state index in [0.29, 0.717) is 0 Å². The lowest BCUT2D eigenvalue weighted by Gasteiger charge is -2.01. The highest BCUT2D eigenvalue weighted by molar-refractivity contribution is 7.99. The molecule has 0 aliphatic carbocycles. The number of rotatable bonds is 6. The summed E-state index contributed by atoms with van der Waals surface area (Å²) in [7, 11) is 1.83. The smallest absolute Gasteiger partial charge is 0.209 e. The molecule has 2 aromatic heterocycles. The Labute approximate surface area is 110 Å². The van der Waals surface area contributed by atoms with Crippen molar-refractivity contribution in [3.05, 3.63) is 24.2 Å². The number of nitrogens with zero attached hydrogens (tertiary/aromatic N) is 4. The molecule has 94 valence electrons. The van der Waals surface area contributed by atoms with Crippen LogP contribution >= 0.6 is 11.8 Å². The SMILES string of the molecule is Cn1nnnc1SCCNCc1ccco1.[Cl-]. The molecule has 0 unspecified atom stereocenters. The highest BCUT2D eigenvalue weighted by atomic mass is 35.5. The van der Waals surface area contributed by atoms with Gasteiger partial charge < -0.3 is 22.1 Å². The zero-order chi connectivity index (χ0) is 11.2. The van der Waals surface area contributed by atoms with Crippen molar-refractivity contribution in [1.82, 2.24) is 25.5 Å². The quantitative estimate of drug-likeness (QED) is 0.472. The lowest BCUT2D eigenvalue weighted by atomic mass is 10.4. The topological polar surface area (TPSA) is 68.8 Å². The predicted octanol–water partition coefficient (Wildman–Crippen LogP) is -2.31. The van der Waals surface area contributed by atoms with E-state index < -0.39 is 0 Å². The Morgan fingerprint density at radius 2 is 2.41 bits per heavy atom. The molecule has 0 saturated heterocycles. The number of hydrogen-bond donors (Lipinski definition) is 1. The Kier molecular flexibility index (Phi) is 6.03. The van der Waals surface area contributed by atoms with Gasteiger partial charge in [0.05, 0.1) is 12.8 Å². The maximum Gasteiger partial charge on any atom is 0.209 e. The van der Waals surface area contributed by atoms with Crippen molar-refractivity contribution < 1.29 is 16.8 Å². The minimum absolute atomic E-state index is 0. The lowest BCUT2D eigenvalue weighted by Crippen LogP contribution is -3.00. The van der Waals surface area contributed by atoms with Gasteiger partial charge in [-0.15, -0.1) is 5.10 Å². The van der Waals surface area contributed by atoms with E-state index in [1.165, 1.54) is 0 Å². The first kappa shape index (κ1) is 14.0. The molecule has 2 rings (SSSR count). The van der Waals surface area contributed by atoms with E-state index in [2.05, 4.69) is 20.8 Å². The Balaban J connectivity index is 0.00000144. The summed E-state index contributed by atoms with van der Waals surface area (Å²) in [6, 6.07) is 3.84. The molecule has 2 aromatic rings. The van der Waals surface area contributed by atoms with Crippen LogP contribution in [0.2, 0.25) is 0 Å². The van der Waals surface area contributed by atoms with Crippen LogP contribution < -0.4 is 17.7 Å². The first-order valence-corrected chi connectivity index (χ1v) is 5.93. The molecule has 0 fully saturated rings.